The van der Waals surface area contributed by atoms with Crippen LogP contribution < -0.4 is 5.32 Å². The van der Waals surface area contributed by atoms with Gasteiger partial charge in [0.1, 0.15) is 34.7 Å². The standard InChI is InChI=1S/C16H13ClF3N5/c1-16(2-3-16)6-21-14-12(11-9(19)4-8(18)5-10(11)20)13(17)24-15-22-7-23-25(14)15/h4-5,7,21H,2-3,6H2,1H3. The summed E-state index contributed by atoms with van der Waals surface area (Å²) in [6, 6.07) is 1.21. The fourth-order valence-corrected chi connectivity index (χ4v) is 2.93. The van der Waals surface area contributed by atoms with Crippen molar-refractivity contribution in [2.75, 3.05) is 11.9 Å². The second-order valence-electron chi connectivity index (χ2n) is 6.51. The van der Waals surface area contributed by atoms with Gasteiger partial charge < -0.3 is 5.32 Å². The highest BCUT2D eigenvalue weighted by Crippen LogP contribution is 2.45. The highest BCUT2D eigenvalue weighted by Gasteiger charge is 2.37. The third-order valence-electron chi connectivity index (χ3n) is 4.43. The number of aromatic nitrogens is 4. The lowest BCUT2D eigenvalue weighted by molar-refractivity contribution is 0.547. The van der Waals surface area contributed by atoms with E-state index in [1.165, 1.54) is 10.8 Å². The predicted molar refractivity (Wildman–Crippen MR) is 86.9 cm³/mol. The van der Waals surface area contributed by atoms with E-state index in [0.29, 0.717) is 18.7 Å². The molecule has 2 aromatic heterocycles. The number of anilines is 1. The van der Waals surface area contributed by atoms with E-state index in [1.54, 1.807) is 0 Å². The van der Waals surface area contributed by atoms with Gasteiger partial charge in [-0.15, -0.1) is 0 Å². The first kappa shape index (κ1) is 16.1. The van der Waals surface area contributed by atoms with Crippen molar-refractivity contribution in [3.63, 3.8) is 0 Å². The van der Waals surface area contributed by atoms with Gasteiger partial charge in [0.25, 0.3) is 5.78 Å². The van der Waals surface area contributed by atoms with Crippen molar-refractivity contribution in [2.24, 2.45) is 5.41 Å². The zero-order valence-corrected chi connectivity index (χ0v) is 13.9. The van der Waals surface area contributed by atoms with Crippen LogP contribution in [0.5, 0.6) is 0 Å². The Labute approximate surface area is 145 Å². The van der Waals surface area contributed by atoms with E-state index < -0.39 is 23.0 Å². The van der Waals surface area contributed by atoms with Gasteiger partial charge in [0, 0.05) is 18.7 Å². The molecule has 0 atom stereocenters. The van der Waals surface area contributed by atoms with Crippen molar-refractivity contribution in [2.45, 2.75) is 19.8 Å². The van der Waals surface area contributed by atoms with E-state index in [2.05, 4.69) is 27.3 Å². The number of benzene rings is 1. The molecule has 5 nitrogen and oxygen atoms in total. The molecule has 0 aliphatic heterocycles. The van der Waals surface area contributed by atoms with Crippen LogP contribution in [0.4, 0.5) is 19.0 Å². The Hall–Kier alpha value is -2.35. The van der Waals surface area contributed by atoms with E-state index in [4.69, 9.17) is 11.6 Å². The van der Waals surface area contributed by atoms with Gasteiger partial charge in [-0.3, -0.25) is 0 Å². The molecule has 1 aliphatic rings. The number of nitrogens with zero attached hydrogens (tertiary/aromatic N) is 4. The van der Waals surface area contributed by atoms with Crippen LogP contribution in [0.1, 0.15) is 19.8 Å². The van der Waals surface area contributed by atoms with Crippen LogP contribution in [0.2, 0.25) is 5.15 Å². The van der Waals surface area contributed by atoms with Crippen LogP contribution in [-0.2, 0) is 0 Å². The molecule has 0 bridgehead atoms. The van der Waals surface area contributed by atoms with E-state index in [1.807, 2.05) is 0 Å². The topological polar surface area (TPSA) is 55.1 Å². The van der Waals surface area contributed by atoms with E-state index in [-0.39, 0.29) is 27.7 Å². The van der Waals surface area contributed by atoms with Crippen LogP contribution in [0.25, 0.3) is 16.9 Å². The minimum Gasteiger partial charge on any atom is -0.369 e. The molecule has 0 radical (unpaired) electrons. The van der Waals surface area contributed by atoms with Crippen molar-refractivity contribution < 1.29 is 13.2 Å². The minimum absolute atomic E-state index is 0.0149. The molecular weight excluding hydrogens is 355 g/mol. The molecule has 0 saturated heterocycles. The van der Waals surface area contributed by atoms with Crippen LogP contribution in [0.15, 0.2) is 18.5 Å². The largest absolute Gasteiger partial charge is 0.369 e. The molecule has 130 valence electrons. The summed E-state index contributed by atoms with van der Waals surface area (Å²) in [5, 5.41) is 7.06. The van der Waals surface area contributed by atoms with E-state index >= 15 is 0 Å². The summed E-state index contributed by atoms with van der Waals surface area (Å²) in [5.41, 5.74) is -0.363. The molecule has 25 heavy (non-hydrogen) atoms. The summed E-state index contributed by atoms with van der Waals surface area (Å²) in [4.78, 5) is 7.99. The summed E-state index contributed by atoms with van der Waals surface area (Å²) < 4.78 is 43.3. The Morgan fingerprint density at radius 3 is 2.52 bits per heavy atom. The normalized spacial score (nSPS) is 15.6. The van der Waals surface area contributed by atoms with Gasteiger partial charge >= 0.3 is 0 Å². The lowest BCUT2D eigenvalue weighted by atomic mass is 10.1. The average molecular weight is 368 g/mol. The van der Waals surface area contributed by atoms with Gasteiger partial charge in [-0.05, 0) is 18.3 Å². The highest BCUT2D eigenvalue weighted by molar-refractivity contribution is 6.33. The molecule has 3 aromatic rings. The smallest absolute Gasteiger partial charge is 0.255 e. The summed E-state index contributed by atoms with van der Waals surface area (Å²) in [5.74, 6) is -2.68. The summed E-state index contributed by atoms with van der Waals surface area (Å²) >= 11 is 6.19. The van der Waals surface area contributed by atoms with Gasteiger partial charge in [0.15, 0.2) is 0 Å². The Bertz CT molecular complexity index is 960. The van der Waals surface area contributed by atoms with Crippen molar-refractivity contribution in [1.82, 2.24) is 19.6 Å². The SMILES string of the molecule is CC1(CNc2c(-c3c(F)cc(F)cc3F)c(Cl)nc3ncnn23)CC1. The Balaban J connectivity index is 1.94. The quantitative estimate of drug-likeness (QED) is 0.706. The molecule has 0 unspecified atom stereocenters. The summed E-state index contributed by atoms with van der Waals surface area (Å²) in [6.45, 7) is 2.67. The zero-order valence-electron chi connectivity index (χ0n) is 13.2. The molecule has 1 aliphatic carbocycles. The van der Waals surface area contributed by atoms with Crippen molar-refractivity contribution in [1.29, 1.82) is 0 Å². The number of hydrogen-bond acceptors (Lipinski definition) is 4. The number of hydrogen-bond donors (Lipinski definition) is 1. The van der Waals surface area contributed by atoms with Crippen molar-refractivity contribution in [3.05, 3.63) is 41.1 Å². The molecule has 9 heteroatoms. The second kappa shape index (κ2) is 5.59. The fraction of sp³-hybridized carbons (Fsp3) is 0.312. The Kier molecular flexibility index (Phi) is 3.61. The lowest BCUT2D eigenvalue weighted by Gasteiger charge is -2.17. The van der Waals surface area contributed by atoms with E-state index in [9.17, 15) is 13.2 Å². The Morgan fingerprint density at radius 2 is 1.88 bits per heavy atom. The molecule has 0 spiro atoms. The van der Waals surface area contributed by atoms with Gasteiger partial charge in [0.05, 0.1) is 11.1 Å². The number of rotatable bonds is 4. The molecule has 1 saturated carbocycles. The third-order valence-corrected chi connectivity index (χ3v) is 4.70. The average Bonchev–Trinajstić information content (AvgIpc) is 3.08. The minimum atomic E-state index is -1.07. The molecule has 4 rings (SSSR count). The van der Waals surface area contributed by atoms with Crippen LogP contribution in [-0.4, -0.2) is 26.1 Å². The molecule has 1 fully saturated rings. The Morgan fingerprint density at radius 1 is 1.20 bits per heavy atom. The maximum absolute atomic E-state index is 14.3. The van der Waals surface area contributed by atoms with Gasteiger partial charge in [-0.25, -0.2) is 13.2 Å². The summed E-state index contributed by atoms with van der Waals surface area (Å²) in [7, 11) is 0. The maximum atomic E-state index is 14.3. The fourth-order valence-electron chi connectivity index (χ4n) is 2.67. The second-order valence-corrected chi connectivity index (χ2v) is 6.86. The molecule has 1 N–H and O–H groups in total. The van der Waals surface area contributed by atoms with Crippen molar-refractivity contribution in [3.8, 4) is 11.1 Å². The number of halogens is 4. The van der Waals surface area contributed by atoms with Gasteiger partial charge in [-0.1, -0.05) is 18.5 Å². The predicted octanol–water partition coefficient (Wildman–Crippen LogP) is 4.07. The molecule has 2 heterocycles. The first-order valence-corrected chi connectivity index (χ1v) is 8.04. The molecular formula is C16H13ClF3N5. The van der Waals surface area contributed by atoms with Gasteiger partial charge in [0.2, 0.25) is 0 Å². The molecule has 1 aromatic carbocycles. The van der Waals surface area contributed by atoms with E-state index in [0.717, 1.165) is 12.8 Å². The first-order valence-electron chi connectivity index (χ1n) is 7.66. The number of nitrogens with one attached hydrogen (secondary N) is 1. The lowest BCUT2D eigenvalue weighted by Crippen LogP contribution is -2.16. The third kappa shape index (κ3) is 2.80. The van der Waals surface area contributed by atoms with Crippen molar-refractivity contribution >= 4 is 23.2 Å². The summed E-state index contributed by atoms with van der Waals surface area (Å²) in [6.07, 6.45) is 3.37. The number of fused-ring (bicyclic) bond motifs is 1. The monoisotopic (exact) mass is 367 g/mol. The highest BCUT2D eigenvalue weighted by atomic mass is 35.5. The van der Waals surface area contributed by atoms with Gasteiger partial charge in [-0.2, -0.15) is 19.6 Å². The van der Waals surface area contributed by atoms with Crippen LogP contribution >= 0.6 is 11.6 Å². The maximum Gasteiger partial charge on any atom is 0.255 e. The zero-order chi connectivity index (χ0) is 17.8. The van der Waals surface area contributed by atoms with Crippen LogP contribution in [0.3, 0.4) is 0 Å². The molecule has 0 amide bonds. The van der Waals surface area contributed by atoms with Crippen LogP contribution in [0, 0.1) is 22.9 Å². The first-order chi connectivity index (χ1) is 11.9.